The molecule has 0 unspecified atom stereocenters. The van der Waals surface area contributed by atoms with E-state index in [0.29, 0.717) is 12.5 Å². The summed E-state index contributed by atoms with van der Waals surface area (Å²) >= 11 is 0. The third kappa shape index (κ3) is 3.35. The van der Waals surface area contributed by atoms with Crippen LogP contribution in [0.15, 0.2) is 0 Å². The molecule has 0 radical (unpaired) electrons. The quantitative estimate of drug-likeness (QED) is 0.616. The van der Waals surface area contributed by atoms with Crippen molar-refractivity contribution in [3.8, 4) is 0 Å². The molecule has 3 heteroatoms. The topological polar surface area (TPSA) is 35.5 Å². The Labute approximate surface area is 79.4 Å². The fraction of sp³-hybridized carbons (Fsp3) is 0.900. The van der Waals surface area contributed by atoms with Gasteiger partial charge in [0.05, 0.1) is 12.2 Å². The zero-order valence-corrected chi connectivity index (χ0v) is 8.63. The first kappa shape index (κ1) is 10.5. The zero-order chi connectivity index (χ0) is 9.90. The first-order valence-corrected chi connectivity index (χ1v) is 4.79. The molecule has 0 aromatic rings. The molecule has 0 aliphatic carbocycles. The van der Waals surface area contributed by atoms with Gasteiger partial charge in [0.25, 0.3) is 0 Å². The minimum Gasteiger partial charge on any atom is -0.463 e. The third-order valence-corrected chi connectivity index (χ3v) is 2.46. The first-order chi connectivity index (χ1) is 6.02. The van der Waals surface area contributed by atoms with E-state index in [9.17, 15) is 4.79 Å². The van der Waals surface area contributed by atoms with E-state index in [4.69, 9.17) is 9.47 Å². The van der Waals surface area contributed by atoms with Crippen molar-refractivity contribution in [3.63, 3.8) is 0 Å². The lowest BCUT2D eigenvalue weighted by atomic mass is 9.92. The molecule has 1 aliphatic rings. The normalized spacial score (nSPS) is 34.2. The summed E-state index contributed by atoms with van der Waals surface area (Å²) in [7, 11) is 0. The summed E-state index contributed by atoms with van der Waals surface area (Å²) in [4.78, 5) is 10.6. The van der Waals surface area contributed by atoms with E-state index < -0.39 is 0 Å². The van der Waals surface area contributed by atoms with E-state index in [0.717, 1.165) is 19.4 Å². The fourth-order valence-corrected chi connectivity index (χ4v) is 1.42. The highest BCUT2D eigenvalue weighted by Gasteiger charge is 2.31. The van der Waals surface area contributed by atoms with Gasteiger partial charge in [-0.2, -0.15) is 0 Å². The molecule has 0 spiro atoms. The largest absolute Gasteiger partial charge is 0.463 e. The van der Waals surface area contributed by atoms with Gasteiger partial charge >= 0.3 is 5.97 Å². The highest BCUT2D eigenvalue weighted by atomic mass is 16.6. The predicted octanol–water partition coefficient (Wildman–Crippen LogP) is 1.75. The second kappa shape index (κ2) is 4.09. The summed E-state index contributed by atoms with van der Waals surface area (Å²) in [5.41, 5.74) is -0.252. The van der Waals surface area contributed by atoms with E-state index in [2.05, 4.69) is 6.92 Å². The SMILES string of the molecule is CC(=O)OC[C@@]1(C)CC[C@@H](C)CO1. The van der Waals surface area contributed by atoms with E-state index in [-0.39, 0.29) is 11.6 Å². The molecular formula is C10H18O3. The van der Waals surface area contributed by atoms with Crippen molar-refractivity contribution in [1.82, 2.24) is 0 Å². The maximum atomic E-state index is 10.6. The van der Waals surface area contributed by atoms with Crippen LogP contribution in [0, 0.1) is 5.92 Å². The van der Waals surface area contributed by atoms with Gasteiger partial charge < -0.3 is 9.47 Å². The monoisotopic (exact) mass is 186 g/mol. The van der Waals surface area contributed by atoms with Crippen LogP contribution in [0.2, 0.25) is 0 Å². The Kier molecular flexibility index (Phi) is 3.31. The smallest absolute Gasteiger partial charge is 0.302 e. The molecule has 2 atom stereocenters. The average molecular weight is 186 g/mol. The minimum absolute atomic E-state index is 0.233. The average Bonchev–Trinajstić information content (AvgIpc) is 2.08. The molecular weight excluding hydrogens is 168 g/mol. The Morgan fingerprint density at radius 3 is 2.85 bits per heavy atom. The van der Waals surface area contributed by atoms with Gasteiger partial charge in [-0.05, 0) is 25.7 Å². The molecule has 1 fully saturated rings. The summed E-state index contributed by atoms with van der Waals surface area (Å²) in [6.07, 6.45) is 2.12. The van der Waals surface area contributed by atoms with Gasteiger partial charge in [-0.3, -0.25) is 4.79 Å². The Morgan fingerprint density at radius 2 is 2.38 bits per heavy atom. The Hall–Kier alpha value is -0.570. The van der Waals surface area contributed by atoms with Crippen LogP contribution in [0.25, 0.3) is 0 Å². The molecule has 0 amide bonds. The molecule has 76 valence electrons. The molecule has 1 heterocycles. The molecule has 1 saturated heterocycles. The molecule has 0 aromatic carbocycles. The van der Waals surface area contributed by atoms with Crippen molar-refractivity contribution in [3.05, 3.63) is 0 Å². The number of carbonyl (C=O) groups excluding carboxylic acids is 1. The molecule has 1 aliphatic heterocycles. The van der Waals surface area contributed by atoms with Crippen LogP contribution in [-0.4, -0.2) is 24.8 Å². The molecule has 0 bridgehead atoms. The van der Waals surface area contributed by atoms with E-state index >= 15 is 0 Å². The number of hydrogen-bond donors (Lipinski definition) is 0. The maximum Gasteiger partial charge on any atom is 0.302 e. The van der Waals surface area contributed by atoms with Crippen molar-refractivity contribution < 1.29 is 14.3 Å². The van der Waals surface area contributed by atoms with Crippen LogP contribution in [0.1, 0.15) is 33.6 Å². The van der Waals surface area contributed by atoms with Crippen molar-refractivity contribution in [2.45, 2.75) is 39.2 Å². The Balaban J connectivity index is 2.34. The molecule has 1 rings (SSSR count). The lowest BCUT2D eigenvalue weighted by Crippen LogP contribution is -2.40. The van der Waals surface area contributed by atoms with Crippen molar-refractivity contribution in [1.29, 1.82) is 0 Å². The first-order valence-electron chi connectivity index (χ1n) is 4.79. The lowest BCUT2D eigenvalue weighted by molar-refractivity contribution is -0.159. The molecule has 0 N–H and O–H groups in total. The number of esters is 1. The standard InChI is InChI=1S/C10H18O3/c1-8-4-5-10(3,13-6-8)7-12-9(2)11/h8H,4-7H2,1-3H3/t8-,10-/m1/s1. The van der Waals surface area contributed by atoms with Crippen LogP contribution >= 0.6 is 0 Å². The second-order valence-corrected chi connectivity index (χ2v) is 4.19. The van der Waals surface area contributed by atoms with Crippen LogP contribution in [0.5, 0.6) is 0 Å². The number of ether oxygens (including phenoxy) is 2. The predicted molar refractivity (Wildman–Crippen MR) is 49.4 cm³/mol. The summed E-state index contributed by atoms with van der Waals surface area (Å²) in [5, 5.41) is 0. The van der Waals surface area contributed by atoms with Crippen molar-refractivity contribution in [2.75, 3.05) is 13.2 Å². The van der Waals surface area contributed by atoms with Gasteiger partial charge in [0.1, 0.15) is 6.61 Å². The summed E-state index contributed by atoms with van der Waals surface area (Å²) < 4.78 is 10.6. The molecule has 0 saturated carbocycles. The Bertz CT molecular complexity index is 181. The summed E-state index contributed by atoms with van der Waals surface area (Å²) in [6.45, 7) is 6.76. The van der Waals surface area contributed by atoms with E-state index in [1.807, 2.05) is 6.92 Å². The summed E-state index contributed by atoms with van der Waals surface area (Å²) in [5.74, 6) is 0.397. The zero-order valence-electron chi connectivity index (χ0n) is 8.63. The van der Waals surface area contributed by atoms with Crippen LogP contribution < -0.4 is 0 Å². The van der Waals surface area contributed by atoms with E-state index in [1.165, 1.54) is 6.92 Å². The summed E-state index contributed by atoms with van der Waals surface area (Å²) in [6, 6.07) is 0. The Morgan fingerprint density at radius 1 is 1.69 bits per heavy atom. The molecule has 3 nitrogen and oxygen atoms in total. The van der Waals surface area contributed by atoms with Gasteiger partial charge in [-0.1, -0.05) is 6.92 Å². The second-order valence-electron chi connectivity index (χ2n) is 4.19. The maximum absolute atomic E-state index is 10.6. The highest BCUT2D eigenvalue weighted by molar-refractivity contribution is 5.65. The van der Waals surface area contributed by atoms with Crippen molar-refractivity contribution in [2.24, 2.45) is 5.92 Å². The lowest BCUT2D eigenvalue weighted by Gasteiger charge is -2.35. The number of hydrogen-bond acceptors (Lipinski definition) is 3. The minimum atomic E-state index is -0.252. The van der Waals surface area contributed by atoms with Gasteiger partial charge in [-0.15, -0.1) is 0 Å². The number of rotatable bonds is 2. The van der Waals surface area contributed by atoms with Gasteiger partial charge in [0.15, 0.2) is 0 Å². The van der Waals surface area contributed by atoms with Gasteiger partial charge in [0, 0.05) is 6.92 Å². The fourth-order valence-electron chi connectivity index (χ4n) is 1.42. The van der Waals surface area contributed by atoms with Crippen LogP contribution in [0.3, 0.4) is 0 Å². The van der Waals surface area contributed by atoms with Crippen molar-refractivity contribution >= 4 is 5.97 Å². The van der Waals surface area contributed by atoms with Crippen LogP contribution in [-0.2, 0) is 14.3 Å². The van der Waals surface area contributed by atoms with E-state index in [1.54, 1.807) is 0 Å². The highest BCUT2D eigenvalue weighted by Crippen LogP contribution is 2.27. The third-order valence-electron chi connectivity index (χ3n) is 2.46. The van der Waals surface area contributed by atoms with Gasteiger partial charge in [0.2, 0.25) is 0 Å². The van der Waals surface area contributed by atoms with Crippen LogP contribution in [0.4, 0.5) is 0 Å². The molecule has 13 heavy (non-hydrogen) atoms. The van der Waals surface area contributed by atoms with Gasteiger partial charge in [-0.25, -0.2) is 0 Å². The number of carbonyl (C=O) groups is 1. The molecule has 0 aromatic heterocycles.